The molecule has 0 saturated carbocycles. The average Bonchev–Trinajstić information content (AvgIpc) is 3.27. The summed E-state index contributed by atoms with van der Waals surface area (Å²) in [5.41, 5.74) is 2.27. The van der Waals surface area contributed by atoms with Crippen molar-refractivity contribution >= 4 is 50.7 Å². The third-order valence-electron chi connectivity index (χ3n) is 6.26. The number of hydrogen-bond acceptors (Lipinski definition) is 7. The molecule has 0 spiro atoms. The smallest absolute Gasteiger partial charge is 0.243 e. The molecule has 9 nitrogen and oxygen atoms in total. The van der Waals surface area contributed by atoms with E-state index in [4.69, 9.17) is 32.9 Å². The summed E-state index contributed by atoms with van der Waals surface area (Å²) in [6, 6.07) is 9.42. The van der Waals surface area contributed by atoms with Gasteiger partial charge in [-0.3, -0.25) is 9.78 Å². The summed E-state index contributed by atoms with van der Waals surface area (Å²) in [6.45, 7) is 0.570. The third-order valence-corrected chi connectivity index (χ3v) is 8.78. The monoisotopic (exact) mass is 545 g/mol. The molecule has 4 aromatic rings. The van der Waals surface area contributed by atoms with Crippen molar-refractivity contribution in [2.75, 3.05) is 20.2 Å². The fraction of sp³-hybridized carbons (Fsp3) is 0.250. The lowest BCUT2D eigenvalue weighted by atomic mass is 10.1. The predicted molar refractivity (Wildman–Crippen MR) is 136 cm³/mol. The number of ether oxygens (including phenoxy) is 1. The first-order valence-corrected chi connectivity index (χ1v) is 13.3. The summed E-state index contributed by atoms with van der Waals surface area (Å²) in [4.78, 5) is 24.6. The fourth-order valence-corrected chi connectivity index (χ4v) is 6.41. The molecule has 0 unspecified atom stereocenters. The highest BCUT2D eigenvalue weighted by Gasteiger charge is 2.32. The first-order chi connectivity index (χ1) is 17.3. The normalized spacial score (nSPS) is 15.3. The van der Waals surface area contributed by atoms with Crippen molar-refractivity contribution in [1.29, 1.82) is 0 Å². The molecule has 0 aliphatic carbocycles. The van der Waals surface area contributed by atoms with Gasteiger partial charge in [-0.2, -0.15) is 9.29 Å². The summed E-state index contributed by atoms with van der Waals surface area (Å²) >= 11 is 12.5. The Balaban J connectivity index is 1.49. The second-order valence-corrected chi connectivity index (χ2v) is 11.0. The van der Waals surface area contributed by atoms with Crippen LogP contribution in [0.5, 0.6) is 5.88 Å². The van der Waals surface area contributed by atoms with Crippen molar-refractivity contribution in [3.05, 3.63) is 64.4 Å². The van der Waals surface area contributed by atoms with Gasteiger partial charge in [0, 0.05) is 48.7 Å². The molecule has 186 valence electrons. The van der Waals surface area contributed by atoms with Gasteiger partial charge in [0.1, 0.15) is 11.3 Å². The highest BCUT2D eigenvalue weighted by Crippen LogP contribution is 2.36. The Kier molecular flexibility index (Phi) is 6.69. The molecule has 5 rings (SSSR count). The Labute approximate surface area is 217 Å². The van der Waals surface area contributed by atoms with E-state index >= 15 is 0 Å². The number of pyridine rings is 2. The summed E-state index contributed by atoms with van der Waals surface area (Å²) < 4.78 is 35.3. The van der Waals surface area contributed by atoms with Gasteiger partial charge in [0.15, 0.2) is 11.9 Å². The molecule has 3 aromatic heterocycles. The molecule has 1 aliphatic heterocycles. The number of methoxy groups -OCH3 is 1. The van der Waals surface area contributed by atoms with Gasteiger partial charge < -0.3 is 9.30 Å². The number of nitrogens with zero attached hydrogens (tertiary/aromatic N) is 5. The quantitative estimate of drug-likeness (QED) is 0.324. The largest absolute Gasteiger partial charge is 0.481 e. The molecule has 4 heterocycles. The molecule has 0 atom stereocenters. The van der Waals surface area contributed by atoms with Gasteiger partial charge in [-0.05, 0) is 43.2 Å². The number of piperidine rings is 1. The minimum absolute atomic E-state index is 0.0558. The maximum absolute atomic E-state index is 13.3. The van der Waals surface area contributed by atoms with Gasteiger partial charge in [-0.25, -0.2) is 13.4 Å². The lowest BCUT2D eigenvalue weighted by Gasteiger charge is -2.32. The second kappa shape index (κ2) is 9.78. The molecule has 1 aromatic carbocycles. The molecule has 1 saturated heterocycles. The van der Waals surface area contributed by atoms with Gasteiger partial charge >= 0.3 is 0 Å². The van der Waals surface area contributed by atoms with Gasteiger partial charge in [-0.15, -0.1) is 0 Å². The number of hydrogen-bond donors (Lipinski definition) is 0. The molecule has 0 amide bonds. The van der Waals surface area contributed by atoms with E-state index < -0.39 is 10.0 Å². The average molecular weight is 546 g/mol. The van der Waals surface area contributed by atoms with Crippen LogP contribution < -0.4 is 4.74 Å². The number of rotatable bonds is 6. The molecule has 1 fully saturated rings. The maximum atomic E-state index is 13.3. The number of aromatic nitrogens is 4. The highest BCUT2D eigenvalue weighted by atomic mass is 35.5. The van der Waals surface area contributed by atoms with Crippen LogP contribution in [0.25, 0.3) is 22.6 Å². The van der Waals surface area contributed by atoms with Crippen molar-refractivity contribution in [3.63, 3.8) is 0 Å². The van der Waals surface area contributed by atoms with E-state index in [0.29, 0.717) is 52.6 Å². The van der Waals surface area contributed by atoms with E-state index in [2.05, 4.69) is 9.97 Å². The molecular weight excluding hydrogens is 525 g/mol. The van der Waals surface area contributed by atoms with Crippen molar-refractivity contribution in [2.45, 2.75) is 23.8 Å². The molecule has 1 aliphatic rings. The zero-order chi connectivity index (χ0) is 25.4. The molecule has 12 heteroatoms. The highest BCUT2D eigenvalue weighted by molar-refractivity contribution is 7.89. The number of halogens is 2. The first kappa shape index (κ1) is 24.6. The zero-order valence-electron chi connectivity index (χ0n) is 19.1. The van der Waals surface area contributed by atoms with Gasteiger partial charge in [0.2, 0.25) is 15.9 Å². The Hall–Kier alpha value is -3.05. The minimum atomic E-state index is -3.78. The number of benzene rings is 1. The van der Waals surface area contributed by atoms with Crippen LogP contribution in [0, 0.1) is 0 Å². The Bertz CT molecular complexity index is 1570. The van der Waals surface area contributed by atoms with Crippen LogP contribution in [0.4, 0.5) is 0 Å². The van der Waals surface area contributed by atoms with E-state index in [0.717, 1.165) is 0 Å². The van der Waals surface area contributed by atoms with Crippen LogP contribution in [-0.2, 0) is 10.0 Å². The Morgan fingerprint density at radius 2 is 1.83 bits per heavy atom. The molecule has 0 N–H and O–H groups in total. The number of aldehydes is 1. The molecule has 36 heavy (non-hydrogen) atoms. The van der Waals surface area contributed by atoms with E-state index in [1.165, 1.54) is 22.5 Å². The number of carbonyl (C=O) groups excluding carboxylic acids is 1. The van der Waals surface area contributed by atoms with Crippen molar-refractivity contribution in [3.8, 4) is 17.3 Å². The Morgan fingerprint density at radius 1 is 1.06 bits per heavy atom. The second-order valence-electron chi connectivity index (χ2n) is 8.29. The first-order valence-electron chi connectivity index (χ1n) is 11.1. The maximum Gasteiger partial charge on any atom is 0.243 e. The zero-order valence-corrected chi connectivity index (χ0v) is 21.5. The van der Waals surface area contributed by atoms with Crippen molar-refractivity contribution < 1.29 is 17.9 Å². The van der Waals surface area contributed by atoms with Gasteiger partial charge in [-0.1, -0.05) is 23.2 Å². The number of carbonyl (C=O) groups is 1. The van der Waals surface area contributed by atoms with E-state index in [1.807, 2.05) is 10.6 Å². The van der Waals surface area contributed by atoms with Crippen LogP contribution in [0.2, 0.25) is 10.0 Å². The molecule has 0 radical (unpaired) electrons. The van der Waals surface area contributed by atoms with Crippen LogP contribution >= 0.6 is 23.2 Å². The lowest BCUT2D eigenvalue weighted by Crippen LogP contribution is -2.39. The molecular formula is C24H21Cl2N5O4S. The van der Waals surface area contributed by atoms with E-state index in [1.54, 1.807) is 31.6 Å². The van der Waals surface area contributed by atoms with Crippen LogP contribution in [-0.4, -0.2) is 58.7 Å². The van der Waals surface area contributed by atoms with Crippen molar-refractivity contribution in [1.82, 2.24) is 23.8 Å². The summed E-state index contributed by atoms with van der Waals surface area (Å²) in [5.74, 6) is 1.09. The van der Waals surface area contributed by atoms with Gasteiger partial charge in [0.05, 0.1) is 22.1 Å². The van der Waals surface area contributed by atoms with Gasteiger partial charge in [0.25, 0.3) is 0 Å². The lowest BCUT2D eigenvalue weighted by molar-refractivity contribution is 0.112. The molecule has 0 bridgehead atoms. The van der Waals surface area contributed by atoms with E-state index in [9.17, 15) is 13.2 Å². The minimum Gasteiger partial charge on any atom is -0.481 e. The standard InChI is InChI=1S/C24H21Cl2N5O4S/c1-35-22-5-4-21-24(29-22)31(23(28-21)18-6-9-27-13-20(18)26)16-7-10-30(11-8-16)36(33,34)17-3-2-15(14-32)19(25)12-17/h2-6,9,12-14,16H,7-8,10-11H2,1H3. The van der Waals surface area contributed by atoms with Crippen molar-refractivity contribution in [2.24, 2.45) is 0 Å². The number of imidazole rings is 1. The fourth-order valence-electron chi connectivity index (χ4n) is 4.42. The third kappa shape index (κ3) is 4.34. The summed E-state index contributed by atoms with van der Waals surface area (Å²) in [5, 5.41) is 0.557. The van der Waals surface area contributed by atoms with Crippen LogP contribution in [0.15, 0.2) is 53.7 Å². The number of fused-ring (bicyclic) bond motifs is 1. The summed E-state index contributed by atoms with van der Waals surface area (Å²) in [7, 11) is -2.23. The number of sulfonamides is 1. The van der Waals surface area contributed by atoms with E-state index in [-0.39, 0.29) is 34.6 Å². The topological polar surface area (TPSA) is 107 Å². The van der Waals surface area contributed by atoms with Crippen LogP contribution in [0.3, 0.4) is 0 Å². The predicted octanol–water partition coefficient (Wildman–Crippen LogP) is 4.65. The SMILES string of the molecule is COc1ccc2nc(-c3ccncc3Cl)n(C3CCN(S(=O)(=O)c4ccc(C=O)c(Cl)c4)CC3)c2n1. The summed E-state index contributed by atoms with van der Waals surface area (Å²) in [6.07, 6.45) is 4.86. The Morgan fingerprint density at radius 3 is 2.50 bits per heavy atom. The van der Waals surface area contributed by atoms with Crippen LogP contribution in [0.1, 0.15) is 29.2 Å².